The van der Waals surface area contributed by atoms with Gasteiger partial charge >= 0.3 is 0 Å². The van der Waals surface area contributed by atoms with Gasteiger partial charge in [-0.2, -0.15) is 0 Å². The highest BCUT2D eigenvalue weighted by Gasteiger charge is 2.02. The second-order valence-corrected chi connectivity index (χ2v) is 4.96. The van der Waals surface area contributed by atoms with E-state index in [2.05, 4.69) is 48.9 Å². The molecule has 1 rings (SSSR count). The summed E-state index contributed by atoms with van der Waals surface area (Å²) in [5.74, 6) is 0. The summed E-state index contributed by atoms with van der Waals surface area (Å²) in [4.78, 5) is 1.40. The molecule has 0 saturated carbocycles. The van der Waals surface area contributed by atoms with Gasteiger partial charge in [0.05, 0.1) is 0 Å². The Morgan fingerprint density at radius 1 is 1.29 bits per heavy atom. The third-order valence-electron chi connectivity index (χ3n) is 2.04. The van der Waals surface area contributed by atoms with Crippen LogP contribution >= 0.6 is 11.3 Å². The van der Waals surface area contributed by atoms with Gasteiger partial charge in [0.2, 0.25) is 0 Å². The van der Waals surface area contributed by atoms with E-state index in [1.165, 1.54) is 4.88 Å². The monoisotopic (exact) mass is 212 g/mol. The van der Waals surface area contributed by atoms with Crippen LogP contribution in [0.2, 0.25) is 0 Å². The van der Waals surface area contributed by atoms with E-state index in [9.17, 15) is 0 Å². The van der Waals surface area contributed by atoms with E-state index < -0.39 is 0 Å². The van der Waals surface area contributed by atoms with Gasteiger partial charge in [-0.15, -0.1) is 11.3 Å². The Labute approximate surface area is 90.7 Å². The maximum atomic E-state index is 3.49. The molecule has 1 aromatic rings. The van der Waals surface area contributed by atoms with Gasteiger partial charge < -0.3 is 10.6 Å². The van der Waals surface area contributed by atoms with Gasteiger partial charge in [0.1, 0.15) is 0 Å². The van der Waals surface area contributed by atoms with Crippen LogP contribution in [0.15, 0.2) is 17.5 Å². The summed E-state index contributed by atoms with van der Waals surface area (Å²) < 4.78 is 0. The summed E-state index contributed by atoms with van der Waals surface area (Å²) in [7, 11) is 0. The van der Waals surface area contributed by atoms with Gasteiger partial charge in [0.25, 0.3) is 0 Å². The van der Waals surface area contributed by atoms with E-state index >= 15 is 0 Å². The molecule has 0 spiro atoms. The van der Waals surface area contributed by atoms with E-state index in [0.717, 1.165) is 13.1 Å². The minimum absolute atomic E-state index is 0.527. The molecular weight excluding hydrogens is 192 g/mol. The second kappa shape index (κ2) is 6.17. The number of nitrogens with one attached hydrogen (secondary N) is 2. The Balaban J connectivity index is 2.12. The lowest BCUT2D eigenvalue weighted by Gasteiger charge is -2.15. The molecule has 2 nitrogen and oxygen atoms in total. The summed E-state index contributed by atoms with van der Waals surface area (Å²) in [6.45, 7) is 8.57. The van der Waals surface area contributed by atoms with E-state index in [4.69, 9.17) is 0 Å². The van der Waals surface area contributed by atoms with Gasteiger partial charge in [-0.3, -0.25) is 0 Å². The van der Waals surface area contributed by atoms with E-state index in [1.54, 1.807) is 11.3 Å². The number of hydrogen-bond acceptors (Lipinski definition) is 3. The third-order valence-corrected chi connectivity index (χ3v) is 2.91. The fourth-order valence-corrected chi connectivity index (χ4v) is 1.83. The normalized spacial score (nSPS) is 13.4. The zero-order valence-electron chi connectivity index (χ0n) is 9.21. The first-order chi connectivity index (χ1) is 6.68. The molecule has 0 saturated heterocycles. The predicted molar refractivity (Wildman–Crippen MR) is 63.8 cm³/mol. The topological polar surface area (TPSA) is 24.1 Å². The highest BCUT2D eigenvalue weighted by Crippen LogP contribution is 2.07. The average Bonchev–Trinajstić information content (AvgIpc) is 2.63. The molecule has 0 radical (unpaired) electrons. The van der Waals surface area contributed by atoms with Crippen molar-refractivity contribution in [2.45, 2.75) is 39.4 Å². The highest BCUT2D eigenvalue weighted by molar-refractivity contribution is 7.09. The van der Waals surface area contributed by atoms with Crippen LogP contribution in [-0.2, 0) is 6.54 Å². The molecule has 1 heterocycles. The summed E-state index contributed by atoms with van der Waals surface area (Å²) in [5, 5.41) is 9.02. The van der Waals surface area contributed by atoms with Crippen molar-refractivity contribution in [2.75, 3.05) is 6.54 Å². The smallest absolute Gasteiger partial charge is 0.0302 e. The molecule has 2 N–H and O–H groups in total. The molecule has 0 fully saturated rings. The molecule has 0 aliphatic heterocycles. The van der Waals surface area contributed by atoms with Crippen molar-refractivity contribution in [1.82, 2.24) is 10.6 Å². The zero-order chi connectivity index (χ0) is 10.4. The standard InChI is InChI=1S/C11H20N2S/c1-9(2)12-7-10(3)13-8-11-5-4-6-14-11/h4-6,9-10,12-13H,7-8H2,1-3H3. The lowest BCUT2D eigenvalue weighted by Crippen LogP contribution is -2.38. The molecule has 0 aliphatic carbocycles. The molecular formula is C11H20N2S. The number of rotatable bonds is 6. The Hall–Kier alpha value is -0.380. The molecule has 0 aromatic carbocycles. The van der Waals surface area contributed by atoms with Gasteiger partial charge in [-0.1, -0.05) is 19.9 Å². The largest absolute Gasteiger partial charge is 0.313 e. The van der Waals surface area contributed by atoms with Gasteiger partial charge in [0.15, 0.2) is 0 Å². The maximum Gasteiger partial charge on any atom is 0.0302 e. The molecule has 1 aromatic heterocycles. The Kier molecular flexibility index (Phi) is 5.15. The van der Waals surface area contributed by atoms with Gasteiger partial charge in [0, 0.05) is 30.1 Å². The summed E-state index contributed by atoms with van der Waals surface area (Å²) in [6, 6.07) is 5.36. The predicted octanol–water partition coefficient (Wildman–Crippen LogP) is 2.22. The molecule has 1 atom stereocenters. The third kappa shape index (κ3) is 4.74. The van der Waals surface area contributed by atoms with Crippen LogP contribution < -0.4 is 10.6 Å². The van der Waals surface area contributed by atoms with E-state index in [-0.39, 0.29) is 0 Å². The average molecular weight is 212 g/mol. The summed E-state index contributed by atoms with van der Waals surface area (Å²) >= 11 is 1.81. The van der Waals surface area contributed by atoms with Crippen LogP contribution in [-0.4, -0.2) is 18.6 Å². The first kappa shape index (κ1) is 11.7. The number of hydrogen-bond donors (Lipinski definition) is 2. The molecule has 3 heteroatoms. The first-order valence-electron chi connectivity index (χ1n) is 5.17. The second-order valence-electron chi connectivity index (χ2n) is 3.92. The van der Waals surface area contributed by atoms with Crippen molar-refractivity contribution in [3.63, 3.8) is 0 Å². The van der Waals surface area contributed by atoms with Crippen molar-refractivity contribution >= 4 is 11.3 Å². The minimum Gasteiger partial charge on any atom is -0.313 e. The van der Waals surface area contributed by atoms with Crippen LogP contribution in [0.5, 0.6) is 0 Å². The lowest BCUT2D eigenvalue weighted by molar-refractivity contribution is 0.475. The molecule has 0 aliphatic rings. The molecule has 1 unspecified atom stereocenters. The van der Waals surface area contributed by atoms with E-state index in [1.807, 2.05) is 0 Å². The Morgan fingerprint density at radius 2 is 2.07 bits per heavy atom. The SMILES string of the molecule is CC(C)NCC(C)NCc1cccs1. The fourth-order valence-electron chi connectivity index (χ4n) is 1.17. The molecule has 80 valence electrons. The van der Waals surface area contributed by atoms with Gasteiger partial charge in [-0.25, -0.2) is 0 Å². The van der Waals surface area contributed by atoms with Crippen LogP contribution in [0.3, 0.4) is 0 Å². The van der Waals surface area contributed by atoms with Crippen LogP contribution in [0.25, 0.3) is 0 Å². The zero-order valence-corrected chi connectivity index (χ0v) is 10.0. The highest BCUT2D eigenvalue weighted by atomic mass is 32.1. The number of thiophene rings is 1. The van der Waals surface area contributed by atoms with Gasteiger partial charge in [-0.05, 0) is 18.4 Å². The summed E-state index contributed by atoms with van der Waals surface area (Å²) in [6.07, 6.45) is 0. The fraction of sp³-hybridized carbons (Fsp3) is 0.636. The van der Waals surface area contributed by atoms with Crippen molar-refractivity contribution in [2.24, 2.45) is 0 Å². The van der Waals surface area contributed by atoms with Crippen molar-refractivity contribution in [1.29, 1.82) is 0 Å². The molecule has 0 bridgehead atoms. The Bertz CT molecular complexity index is 231. The summed E-state index contributed by atoms with van der Waals surface area (Å²) in [5.41, 5.74) is 0. The van der Waals surface area contributed by atoms with Crippen molar-refractivity contribution in [3.05, 3.63) is 22.4 Å². The van der Waals surface area contributed by atoms with E-state index in [0.29, 0.717) is 12.1 Å². The first-order valence-corrected chi connectivity index (χ1v) is 6.05. The van der Waals surface area contributed by atoms with Crippen LogP contribution in [0, 0.1) is 0 Å². The van der Waals surface area contributed by atoms with Crippen molar-refractivity contribution in [3.8, 4) is 0 Å². The molecule has 0 amide bonds. The quantitative estimate of drug-likeness (QED) is 0.755. The molecule has 14 heavy (non-hydrogen) atoms. The lowest BCUT2D eigenvalue weighted by atomic mass is 10.3. The van der Waals surface area contributed by atoms with Crippen LogP contribution in [0.4, 0.5) is 0 Å². The van der Waals surface area contributed by atoms with Crippen molar-refractivity contribution < 1.29 is 0 Å². The Morgan fingerprint density at radius 3 is 2.64 bits per heavy atom. The minimum atomic E-state index is 0.527. The van der Waals surface area contributed by atoms with Crippen LogP contribution in [0.1, 0.15) is 25.6 Å². The maximum absolute atomic E-state index is 3.49.